The molecule has 3 heterocycles. The molecule has 7 heteroatoms. The number of aromatic nitrogens is 2. The molecule has 2 aliphatic rings. The molecule has 6 nitrogen and oxygen atoms in total. The standard InChI is InChI=1S/C44H28FN5O/c1-44(2)32-12-4-6-14-34(32)49(35-15-7-5-13-33(35)44)27-20-22-28-30-24-26(50-36-16-8-10-18-38(36)51-39-19-11-9-17-37(39)50)21-23-29(30)40-41(31(28)25-27)47-42(45)43(46-3)48-40/h4-25H,1-2H3. The molecule has 2 aliphatic heterocycles. The number of halogens is 1. The van der Waals surface area contributed by atoms with Crippen molar-refractivity contribution >= 4 is 72.5 Å². The summed E-state index contributed by atoms with van der Waals surface area (Å²) in [5.41, 5.74) is 8.99. The van der Waals surface area contributed by atoms with Crippen molar-refractivity contribution in [1.29, 1.82) is 0 Å². The van der Waals surface area contributed by atoms with Crippen LogP contribution in [-0.4, -0.2) is 9.97 Å². The van der Waals surface area contributed by atoms with E-state index >= 15 is 4.39 Å². The van der Waals surface area contributed by atoms with Gasteiger partial charge in [0.1, 0.15) is 5.52 Å². The fraction of sp³-hybridized carbons (Fsp3) is 0.0682. The Hall–Kier alpha value is -6.78. The number of hydrogen-bond donors (Lipinski definition) is 0. The van der Waals surface area contributed by atoms with Gasteiger partial charge in [0.25, 0.3) is 0 Å². The number of rotatable bonds is 2. The Bertz CT molecular complexity index is 2730. The first-order valence-corrected chi connectivity index (χ1v) is 16.8. The number of anilines is 6. The van der Waals surface area contributed by atoms with Crippen molar-refractivity contribution < 1.29 is 9.13 Å². The summed E-state index contributed by atoms with van der Waals surface area (Å²) in [6.07, 6.45) is 0. The summed E-state index contributed by atoms with van der Waals surface area (Å²) >= 11 is 0. The van der Waals surface area contributed by atoms with Gasteiger partial charge in [-0.15, -0.1) is 4.98 Å². The summed E-state index contributed by atoms with van der Waals surface area (Å²) in [6, 6.07) is 45.5. The molecule has 8 aromatic rings. The van der Waals surface area contributed by atoms with Crippen molar-refractivity contribution in [3.63, 3.8) is 0 Å². The Kier molecular flexibility index (Phi) is 6.07. The molecule has 0 unspecified atom stereocenters. The van der Waals surface area contributed by atoms with Gasteiger partial charge in [-0.3, -0.25) is 0 Å². The number of hydrogen-bond acceptors (Lipinski definition) is 5. The predicted molar refractivity (Wildman–Crippen MR) is 202 cm³/mol. The smallest absolute Gasteiger partial charge is 0.325 e. The lowest BCUT2D eigenvalue weighted by Gasteiger charge is -2.42. The maximum absolute atomic E-state index is 15.4. The zero-order valence-corrected chi connectivity index (χ0v) is 27.7. The van der Waals surface area contributed by atoms with E-state index in [-0.39, 0.29) is 11.2 Å². The van der Waals surface area contributed by atoms with Crippen LogP contribution in [0.1, 0.15) is 25.0 Å². The second-order valence-corrected chi connectivity index (χ2v) is 13.5. The van der Waals surface area contributed by atoms with Crippen LogP contribution in [0.5, 0.6) is 11.5 Å². The van der Waals surface area contributed by atoms with E-state index in [9.17, 15) is 0 Å². The van der Waals surface area contributed by atoms with E-state index in [2.05, 4.69) is 111 Å². The van der Waals surface area contributed by atoms with Crippen LogP contribution in [0.4, 0.5) is 44.3 Å². The Morgan fingerprint density at radius 1 is 0.569 bits per heavy atom. The first-order chi connectivity index (χ1) is 24.9. The van der Waals surface area contributed by atoms with Gasteiger partial charge in [-0.1, -0.05) is 87.1 Å². The van der Waals surface area contributed by atoms with Gasteiger partial charge >= 0.3 is 5.82 Å². The molecule has 0 aliphatic carbocycles. The Morgan fingerprint density at radius 2 is 1.06 bits per heavy atom. The van der Waals surface area contributed by atoms with Crippen LogP contribution in [0.15, 0.2) is 133 Å². The number of benzene rings is 7. The van der Waals surface area contributed by atoms with Gasteiger partial charge in [-0.25, -0.2) is 4.98 Å². The highest BCUT2D eigenvalue weighted by Gasteiger charge is 2.36. The Balaban J connectivity index is 1.26. The molecule has 0 bridgehead atoms. The Labute approximate surface area is 293 Å². The van der Waals surface area contributed by atoms with E-state index in [0.717, 1.165) is 67.2 Å². The van der Waals surface area contributed by atoms with Crippen molar-refractivity contribution in [2.75, 3.05) is 9.80 Å². The summed E-state index contributed by atoms with van der Waals surface area (Å²) in [6.45, 7) is 12.2. The van der Waals surface area contributed by atoms with E-state index < -0.39 is 5.95 Å². The minimum absolute atomic E-state index is 0.207. The third kappa shape index (κ3) is 4.14. The van der Waals surface area contributed by atoms with Crippen molar-refractivity contribution in [3.05, 3.63) is 162 Å². The average Bonchev–Trinajstić information content (AvgIpc) is 3.17. The quantitative estimate of drug-likeness (QED) is 0.136. The van der Waals surface area contributed by atoms with Gasteiger partial charge in [-0.05, 0) is 88.6 Å². The highest BCUT2D eigenvalue weighted by Crippen LogP contribution is 2.53. The maximum Gasteiger partial charge on any atom is 0.325 e. The van der Waals surface area contributed by atoms with Crippen molar-refractivity contribution in [2.24, 2.45) is 0 Å². The first kappa shape index (κ1) is 29.2. The van der Waals surface area contributed by atoms with Crippen molar-refractivity contribution in [1.82, 2.24) is 9.97 Å². The molecular weight excluding hydrogens is 634 g/mol. The molecule has 0 saturated heterocycles. The highest BCUT2D eigenvalue weighted by molar-refractivity contribution is 6.24. The lowest BCUT2D eigenvalue weighted by molar-refractivity contribution is 0.477. The molecule has 0 atom stereocenters. The van der Waals surface area contributed by atoms with E-state index in [1.54, 1.807) is 0 Å². The van der Waals surface area contributed by atoms with Crippen LogP contribution in [0.3, 0.4) is 0 Å². The predicted octanol–water partition coefficient (Wildman–Crippen LogP) is 12.3. The second kappa shape index (κ2) is 10.6. The molecule has 0 saturated carbocycles. The molecule has 242 valence electrons. The molecule has 0 fully saturated rings. The molecule has 0 amide bonds. The van der Waals surface area contributed by atoms with E-state index in [4.69, 9.17) is 11.3 Å². The minimum Gasteiger partial charge on any atom is -0.453 e. The number of para-hydroxylation sites is 6. The zero-order chi connectivity index (χ0) is 34.4. The van der Waals surface area contributed by atoms with Crippen LogP contribution in [-0.2, 0) is 5.41 Å². The van der Waals surface area contributed by atoms with E-state index in [1.165, 1.54) is 11.1 Å². The molecule has 7 aromatic carbocycles. The third-order valence-electron chi connectivity index (χ3n) is 10.3. The average molecular weight is 662 g/mol. The summed E-state index contributed by atoms with van der Waals surface area (Å²) in [4.78, 5) is 16.8. The highest BCUT2D eigenvalue weighted by atomic mass is 19.1. The Morgan fingerprint density at radius 3 is 1.67 bits per heavy atom. The van der Waals surface area contributed by atoms with Gasteiger partial charge in [0, 0.05) is 27.6 Å². The topological polar surface area (TPSA) is 45.9 Å². The third-order valence-corrected chi connectivity index (χ3v) is 10.3. The van der Waals surface area contributed by atoms with Crippen molar-refractivity contribution in [2.45, 2.75) is 19.3 Å². The van der Waals surface area contributed by atoms with Gasteiger partial charge in [-0.2, -0.15) is 4.39 Å². The lowest BCUT2D eigenvalue weighted by atomic mass is 9.73. The lowest BCUT2D eigenvalue weighted by Crippen LogP contribution is -2.30. The van der Waals surface area contributed by atoms with Crippen molar-refractivity contribution in [3.8, 4) is 11.5 Å². The SMILES string of the molecule is [C-]#[N+]c1nc2c3ccc(N4c5ccccc5Oc5ccccc54)cc3c3ccc(N4c5ccccc5C(C)(C)c5ccccc54)cc3c2nc1F. The maximum atomic E-state index is 15.4. The van der Waals surface area contributed by atoms with Gasteiger partial charge in [0.05, 0.1) is 22.7 Å². The van der Waals surface area contributed by atoms with Crippen LogP contribution in [0, 0.1) is 12.5 Å². The van der Waals surface area contributed by atoms with Gasteiger partial charge < -0.3 is 19.4 Å². The largest absolute Gasteiger partial charge is 0.453 e. The molecule has 10 rings (SSSR count). The summed E-state index contributed by atoms with van der Waals surface area (Å²) in [5.74, 6) is 0.299. The first-order valence-electron chi connectivity index (χ1n) is 16.8. The summed E-state index contributed by atoms with van der Waals surface area (Å²) in [5, 5.41) is 3.36. The summed E-state index contributed by atoms with van der Waals surface area (Å²) in [7, 11) is 0. The van der Waals surface area contributed by atoms with Gasteiger partial charge in [0.15, 0.2) is 17.0 Å². The van der Waals surface area contributed by atoms with Gasteiger partial charge in [0.2, 0.25) is 5.95 Å². The van der Waals surface area contributed by atoms with Crippen LogP contribution >= 0.6 is 0 Å². The van der Waals surface area contributed by atoms with E-state index in [0.29, 0.717) is 11.0 Å². The number of ether oxygens (including phenoxy) is 1. The molecule has 51 heavy (non-hydrogen) atoms. The normalized spacial score (nSPS) is 14.0. The second-order valence-electron chi connectivity index (χ2n) is 13.5. The summed E-state index contributed by atoms with van der Waals surface area (Å²) < 4.78 is 21.6. The number of nitrogens with zero attached hydrogens (tertiary/aromatic N) is 5. The molecule has 1 aromatic heterocycles. The fourth-order valence-corrected chi connectivity index (χ4v) is 7.99. The molecule has 0 radical (unpaired) electrons. The number of fused-ring (bicyclic) bond motifs is 10. The van der Waals surface area contributed by atoms with Crippen LogP contribution in [0.25, 0.3) is 37.4 Å². The zero-order valence-electron chi connectivity index (χ0n) is 27.7. The van der Waals surface area contributed by atoms with Crippen LogP contribution < -0.4 is 14.5 Å². The molecule has 0 spiro atoms. The van der Waals surface area contributed by atoms with Crippen LogP contribution in [0.2, 0.25) is 0 Å². The minimum atomic E-state index is -0.878. The monoisotopic (exact) mass is 661 g/mol. The fourth-order valence-electron chi connectivity index (χ4n) is 7.99. The molecular formula is C44H28FN5O. The van der Waals surface area contributed by atoms with E-state index in [1.807, 2.05) is 60.7 Å². The molecule has 0 N–H and O–H groups in total.